The van der Waals surface area contributed by atoms with Crippen LogP contribution in [0.1, 0.15) is 67.8 Å². The van der Waals surface area contributed by atoms with E-state index in [9.17, 15) is 35.2 Å². The minimum Gasteiger partial charge on any atom is -0.350 e. The van der Waals surface area contributed by atoms with Crippen LogP contribution in [0, 0.1) is 0 Å². The lowest BCUT2D eigenvalue weighted by Gasteiger charge is -2.54. The molecule has 2 bridgehead atoms. The Labute approximate surface area is 230 Å². The summed E-state index contributed by atoms with van der Waals surface area (Å²) in [6.07, 6.45) is -3.18. The van der Waals surface area contributed by atoms with Crippen LogP contribution in [0.4, 0.5) is 22.0 Å². The molecule has 0 radical (unpaired) electrons. The monoisotopic (exact) mass is 607 g/mol. The molecular formula is C24H32Cl2F5N3O3S. The molecule has 1 aromatic carbocycles. The SMILES string of the molecule is CCCS(=O)(=O)N1CC2CCC(C1)N2C1(CNC(=O)c2ccc(C(F)(F)F)cc2Cl)CCC(F)(F)CC1.Cl. The van der Waals surface area contributed by atoms with Crippen LogP contribution in [-0.4, -0.2) is 72.5 Å². The molecule has 1 aliphatic carbocycles. The Morgan fingerprint density at radius 1 is 1.11 bits per heavy atom. The predicted molar refractivity (Wildman–Crippen MR) is 136 cm³/mol. The van der Waals surface area contributed by atoms with Gasteiger partial charge in [-0.25, -0.2) is 17.2 Å². The first-order valence-corrected chi connectivity index (χ1v) is 14.5. The Bertz CT molecular complexity index is 1110. The summed E-state index contributed by atoms with van der Waals surface area (Å²) in [6.45, 7) is 2.35. The van der Waals surface area contributed by atoms with Crippen LogP contribution in [0.2, 0.25) is 5.02 Å². The molecule has 14 heteroatoms. The van der Waals surface area contributed by atoms with Crippen LogP contribution in [-0.2, 0) is 16.2 Å². The molecule has 1 amide bonds. The number of piperazine rings is 1. The fourth-order valence-electron chi connectivity index (χ4n) is 6.08. The van der Waals surface area contributed by atoms with Crippen LogP contribution in [0.5, 0.6) is 0 Å². The fourth-order valence-corrected chi connectivity index (χ4v) is 7.91. The molecule has 216 valence electrons. The molecule has 1 N–H and O–H groups in total. The third-order valence-electron chi connectivity index (χ3n) is 7.88. The quantitative estimate of drug-likeness (QED) is 0.424. The highest BCUT2D eigenvalue weighted by Gasteiger charge is 2.55. The number of nitrogens with one attached hydrogen (secondary N) is 1. The number of alkyl halides is 5. The molecule has 1 aromatic rings. The number of amides is 1. The van der Waals surface area contributed by atoms with Gasteiger partial charge in [-0.1, -0.05) is 18.5 Å². The maximum atomic E-state index is 14.2. The van der Waals surface area contributed by atoms with Crippen molar-refractivity contribution in [2.24, 2.45) is 0 Å². The van der Waals surface area contributed by atoms with Gasteiger partial charge in [0.15, 0.2) is 0 Å². The molecule has 2 atom stereocenters. The largest absolute Gasteiger partial charge is 0.416 e. The van der Waals surface area contributed by atoms with E-state index in [2.05, 4.69) is 10.2 Å². The Morgan fingerprint density at radius 3 is 2.18 bits per heavy atom. The predicted octanol–water partition coefficient (Wildman–Crippen LogP) is 5.35. The molecule has 2 aliphatic heterocycles. The van der Waals surface area contributed by atoms with Crippen molar-refractivity contribution < 1.29 is 35.2 Å². The normalized spacial score (nSPS) is 25.6. The second kappa shape index (κ2) is 11.3. The van der Waals surface area contributed by atoms with E-state index in [1.165, 1.54) is 4.31 Å². The number of carbonyl (C=O) groups excluding carboxylic acids is 1. The topological polar surface area (TPSA) is 69.7 Å². The number of fused-ring (bicyclic) bond motifs is 2. The molecule has 1 saturated carbocycles. The van der Waals surface area contributed by atoms with Gasteiger partial charge in [-0.3, -0.25) is 9.69 Å². The smallest absolute Gasteiger partial charge is 0.350 e. The molecule has 3 fully saturated rings. The van der Waals surface area contributed by atoms with E-state index in [0.717, 1.165) is 25.0 Å². The summed E-state index contributed by atoms with van der Waals surface area (Å²) in [5.74, 6) is -3.46. The van der Waals surface area contributed by atoms with Crippen molar-refractivity contribution in [2.75, 3.05) is 25.4 Å². The average Bonchev–Trinajstić information content (AvgIpc) is 3.07. The van der Waals surface area contributed by atoms with Crippen molar-refractivity contribution in [1.82, 2.24) is 14.5 Å². The number of benzene rings is 1. The van der Waals surface area contributed by atoms with Gasteiger partial charge in [-0.2, -0.15) is 17.5 Å². The first-order chi connectivity index (χ1) is 17.2. The standard InChI is InChI=1S/C24H31ClF5N3O3S.ClH/c1-2-11-37(35,36)32-13-17-4-5-18(14-32)33(17)22(7-9-23(26,27)10-8-22)15-31-21(34)19-6-3-16(12-20(19)25)24(28,29)30;/h3,6,12,17-18H,2,4-5,7-11,13-15H2,1H3,(H,31,34);1H. The maximum Gasteiger partial charge on any atom is 0.416 e. The number of halogens is 7. The Balaban J connectivity index is 0.00000400. The number of carbonyl (C=O) groups is 1. The molecule has 3 aliphatic rings. The number of hydrogen-bond donors (Lipinski definition) is 1. The van der Waals surface area contributed by atoms with Gasteiger partial charge in [-0.05, 0) is 50.3 Å². The molecule has 2 saturated heterocycles. The van der Waals surface area contributed by atoms with E-state index in [-0.39, 0.29) is 86.1 Å². The second-order valence-electron chi connectivity index (χ2n) is 10.4. The van der Waals surface area contributed by atoms with Gasteiger partial charge >= 0.3 is 6.18 Å². The summed E-state index contributed by atoms with van der Waals surface area (Å²) in [5.41, 5.74) is -1.93. The minimum absolute atomic E-state index is 0. The number of nitrogens with zero attached hydrogens (tertiary/aromatic N) is 2. The minimum atomic E-state index is -4.61. The van der Waals surface area contributed by atoms with Crippen molar-refractivity contribution in [3.8, 4) is 0 Å². The number of hydrogen-bond acceptors (Lipinski definition) is 4. The van der Waals surface area contributed by atoms with Crippen molar-refractivity contribution >= 4 is 39.9 Å². The second-order valence-corrected chi connectivity index (χ2v) is 12.9. The van der Waals surface area contributed by atoms with E-state index in [1.54, 1.807) is 6.92 Å². The Kier molecular flexibility index (Phi) is 9.35. The molecule has 38 heavy (non-hydrogen) atoms. The van der Waals surface area contributed by atoms with Crippen molar-refractivity contribution in [2.45, 2.75) is 81.6 Å². The Hall–Kier alpha value is -1.21. The number of rotatable bonds is 7. The van der Waals surface area contributed by atoms with E-state index in [4.69, 9.17) is 11.6 Å². The molecule has 2 unspecified atom stereocenters. The summed E-state index contributed by atoms with van der Waals surface area (Å²) < 4.78 is 94.2. The van der Waals surface area contributed by atoms with E-state index >= 15 is 0 Å². The molecule has 4 rings (SSSR count). The average molecular weight is 609 g/mol. The summed E-state index contributed by atoms with van der Waals surface area (Å²) in [4.78, 5) is 15.1. The van der Waals surface area contributed by atoms with E-state index < -0.39 is 39.1 Å². The zero-order chi connectivity index (χ0) is 27.2. The van der Waals surface area contributed by atoms with E-state index in [0.29, 0.717) is 12.5 Å². The van der Waals surface area contributed by atoms with Gasteiger partial charge in [0, 0.05) is 50.1 Å². The van der Waals surface area contributed by atoms with Crippen LogP contribution in [0.25, 0.3) is 0 Å². The van der Waals surface area contributed by atoms with Gasteiger partial charge in [0.25, 0.3) is 5.91 Å². The first-order valence-electron chi connectivity index (χ1n) is 12.5. The van der Waals surface area contributed by atoms with Gasteiger partial charge < -0.3 is 5.32 Å². The van der Waals surface area contributed by atoms with Crippen LogP contribution >= 0.6 is 24.0 Å². The summed E-state index contributed by atoms with van der Waals surface area (Å²) in [5, 5.41) is 2.39. The van der Waals surface area contributed by atoms with Gasteiger partial charge in [-0.15, -0.1) is 12.4 Å². The third kappa shape index (κ3) is 6.40. The highest BCUT2D eigenvalue weighted by Crippen LogP contribution is 2.47. The molecule has 0 aromatic heterocycles. The third-order valence-corrected chi connectivity index (χ3v) is 10.2. The summed E-state index contributed by atoms with van der Waals surface area (Å²) in [7, 11) is -3.41. The lowest BCUT2D eigenvalue weighted by atomic mass is 9.77. The zero-order valence-corrected chi connectivity index (χ0v) is 23.3. The number of sulfonamides is 1. The summed E-state index contributed by atoms with van der Waals surface area (Å²) in [6, 6.07) is 2.13. The lowest BCUT2D eigenvalue weighted by molar-refractivity contribution is -0.137. The maximum absolute atomic E-state index is 14.2. The molecular weight excluding hydrogens is 576 g/mol. The van der Waals surface area contributed by atoms with Gasteiger partial charge in [0.05, 0.1) is 21.9 Å². The van der Waals surface area contributed by atoms with Crippen LogP contribution < -0.4 is 5.32 Å². The lowest BCUT2D eigenvalue weighted by Crippen LogP contribution is -2.67. The highest BCUT2D eigenvalue weighted by atomic mass is 35.5. The molecule has 0 spiro atoms. The van der Waals surface area contributed by atoms with E-state index in [1.807, 2.05) is 0 Å². The molecule has 6 nitrogen and oxygen atoms in total. The fraction of sp³-hybridized carbons (Fsp3) is 0.708. The van der Waals surface area contributed by atoms with Crippen LogP contribution in [0.3, 0.4) is 0 Å². The highest BCUT2D eigenvalue weighted by molar-refractivity contribution is 7.89. The first kappa shape index (κ1) is 31.3. The summed E-state index contributed by atoms with van der Waals surface area (Å²) >= 11 is 5.98. The molecule has 2 heterocycles. The van der Waals surface area contributed by atoms with Crippen molar-refractivity contribution in [1.29, 1.82) is 0 Å². The zero-order valence-electron chi connectivity index (χ0n) is 20.9. The van der Waals surface area contributed by atoms with Crippen molar-refractivity contribution in [3.05, 3.63) is 34.3 Å². The van der Waals surface area contributed by atoms with Gasteiger partial charge in [0.2, 0.25) is 15.9 Å². The van der Waals surface area contributed by atoms with Crippen molar-refractivity contribution in [3.63, 3.8) is 0 Å². The van der Waals surface area contributed by atoms with Gasteiger partial charge in [0.1, 0.15) is 0 Å². The van der Waals surface area contributed by atoms with Crippen LogP contribution in [0.15, 0.2) is 18.2 Å². The Morgan fingerprint density at radius 2 is 1.68 bits per heavy atom.